The van der Waals surface area contributed by atoms with Gasteiger partial charge in [0.1, 0.15) is 28.5 Å². The van der Waals surface area contributed by atoms with Gasteiger partial charge in [0.2, 0.25) is 5.91 Å². The number of nitrogen functional groups attached to an aromatic ring is 1. The smallest absolute Gasteiger partial charge is 0.227 e. The van der Waals surface area contributed by atoms with E-state index >= 15 is 0 Å². The van der Waals surface area contributed by atoms with E-state index in [-0.39, 0.29) is 22.7 Å². The third kappa shape index (κ3) is 3.42. The Balaban J connectivity index is 2.71. The Morgan fingerprint density at radius 2 is 1.83 bits per heavy atom. The summed E-state index contributed by atoms with van der Waals surface area (Å²) in [5.74, 6) is -0.532. The second-order valence-electron chi connectivity index (χ2n) is 4.77. The molecule has 7 heteroatoms. The molecule has 0 unspecified atom stereocenters. The SMILES string of the molecule is Cc1ccc(-c2c(C#N)c(N)nc(SCC(N)=O)c2C#N)cc1. The maximum atomic E-state index is 11.0. The maximum absolute atomic E-state index is 11.0. The molecule has 4 N–H and O–H groups in total. The summed E-state index contributed by atoms with van der Waals surface area (Å²) >= 11 is 1.03. The number of aryl methyl sites for hydroxylation is 1. The van der Waals surface area contributed by atoms with Crippen LogP contribution in [0.4, 0.5) is 5.82 Å². The third-order valence-corrected chi connectivity index (χ3v) is 4.10. The van der Waals surface area contributed by atoms with Crippen molar-refractivity contribution in [3.63, 3.8) is 0 Å². The van der Waals surface area contributed by atoms with Crippen LogP contribution in [0.2, 0.25) is 0 Å². The number of aromatic nitrogens is 1. The second kappa shape index (κ2) is 6.82. The molecule has 2 rings (SSSR count). The minimum atomic E-state index is -0.527. The average Bonchev–Trinajstić information content (AvgIpc) is 2.53. The van der Waals surface area contributed by atoms with Crippen LogP contribution in [0.15, 0.2) is 29.3 Å². The molecule has 114 valence electrons. The van der Waals surface area contributed by atoms with Crippen molar-refractivity contribution in [2.75, 3.05) is 11.5 Å². The largest absolute Gasteiger partial charge is 0.383 e. The number of hydrogen-bond acceptors (Lipinski definition) is 6. The predicted molar refractivity (Wildman–Crippen MR) is 88.2 cm³/mol. The summed E-state index contributed by atoms with van der Waals surface area (Å²) in [6.45, 7) is 1.94. The summed E-state index contributed by atoms with van der Waals surface area (Å²) in [6, 6.07) is 11.5. The van der Waals surface area contributed by atoms with Gasteiger partial charge in [0.05, 0.1) is 11.3 Å². The van der Waals surface area contributed by atoms with Crippen LogP contribution in [-0.2, 0) is 4.79 Å². The van der Waals surface area contributed by atoms with E-state index in [4.69, 9.17) is 11.5 Å². The minimum Gasteiger partial charge on any atom is -0.383 e. The molecule has 0 atom stereocenters. The lowest BCUT2D eigenvalue weighted by molar-refractivity contribution is -0.115. The van der Waals surface area contributed by atoms with E-state index in [1.54, 1.807) is 0 Å². The fourth-order valence-electron chi connectivity index (χ4n) is 2.05. The Kier molecular flexibility index (Phi) is 4.85. The van der Waals surface area contributed by atoms with Gasteiger partial charge < -0.3 is 11.5 Å². The predicted octanol–water partition coefficient (Wildman–Crippen LogP) is 1.96. The molecule has 1 amide bonds. The number of benzene rings is 1. The number of carbonyl (C=O) groups is 1. The summed E-state index contributed by atoms with van der Waals surface area (Å²) in [5, 5.41) is 19.2. The van der Waals surface area contributed by atoms with Crippen LogP contribution in [-0.4, -0.2) is 16.6 Å². The van der Waals surface area contributed by atoms with Crippen LogP contribution in [0, 0.1) is 29.6 Å². The van der Waals surface area contributed by atoms with Crippen molar-refractivity contribution in [3.8, 4) is 23.3 Å². The van der Waals surface area contributed by atoms with Gasteiger partial charge in [-0.05, 0) is 12.5 Å². The Labute approximate surface area is 137 Å². The molecule has 0 aliphatic heterocycles. The lowest BCUT2D eigenvalue weighted by atomic mass is 9.96. The molecule has 0 fully saturated rings. The molecule has 1 aromatic heterocycles. The van der Waals surface area contributed by atoms with Crippen molar-refractivity contribution in [1.29, 1.82) is 10.5 Å². The summed E-state index contributed by atoms with van der Waals surface area (Å²) in [7, 11) is 0. The van der Waals surface area contributed by atoms with Gasteiger partial charge in [-0.15, -0.1) is 0 Å². The van der Waals surface area contributed by atoms with E-state index in [1.807, 2.05) is 37.3 Å². The van der Waals surface area contributed by atoms with E-state index in [9.17, 15) is 15.3 Å². The summed E-state index contributed by atoms with van der Waals surface area (Å²) < 4.78 is 0. The number of pyridine rings is 1. The molecule has 1 heterocycles. The van der Waals surface area contributed by atoms with Crippen LogP contribution in [0.1, 0.15) is 16.7 Å². The zero-order valence-electron chi connectivity index (χ0n) is 12.3. The van der Waals surface area contributed by atoms with Crippen molar-refractivity contribution < 1.29 is 4.79 Å². The molecule has 0 bridgehead atoms. The van der Waals surface area contributed by atoms with Crippen LogP contribution >= 0.6 is 11.8 Å². The van der Waals surface area contributed by atoms with Gasteiger partial charge in [0.15, 0.2) is 0 Å². The standard InChI is InChI=1S/C16H13N5OS/c1-9-2-4-10(5-3-9)14-11(6-17)15(20)21-16(12(14)7-18)23-8-13(19)22/h2-5H,8H2,1H3,(H2,19,22)(H2,20,21). The first-order valence-electron chi connectivity index (χ1n) is 6.59. The van der Waals surface area contributed by atoms with Crippen molar-refractivity contribution in [3.05, 3.63) is 41.0 Å². The van der Waals surface area contributed by atoms with E-state index in [1.165, 1.54) is 0 Å². The topological polar surface area (TPSA) is 130 Å². The maximum Gasteiger partial charge on any atom is 0.227 e. The Morgan fingerprint density at radius 3 is 2.35 bits per heavy atom. The molecular weight excluding hydrogens is 310 g/mol. The fraction of sp³-hybridized carbons (Fsp3) is 0.125. The molecular formula is C16H13N5OS. The number of nitrogens with zero attached hydrogens (tertiary/aromatic N) is 3. The van der Waals surface area contributed by atoms with E-state index < -0.39 is 5.91 Å². The zero-order chi connectivity index (χ0) is 17.0. The van der Waals surface area contributed by atoms with E-state index in [0.29, 0.717) is 16.2 Å². The summed E-state index contributed by atoms with van der Waals surface area (Å²) in [4.78, 5) is 15.1. The van der Waals surface area contributed by atoms with Gasteiger partial charge in [-0.2, -0.15) is 10.5 Å². The molecule has 0 radical (unpaired) electrons. The first-order valence-corrected chi connectivity index (χ1v) is 7.58. The summed E-state index contributed by atoms with van der Waals surface area (Å²) in [6.07, 6.45) is 0. The van der Waals surface area contributed by atoms with Crippen LogP contribution in [0.25, 0.3) is 11.1 Å². The number of rotatable bonds is 4. The lowest BCUT2D eigenvalue weighted by Crippen LogP contribution is -2.14. The number of thioether (sulfide) groups is 1. The number of anilines is 1. The van der Waals surface area contributed by atoms with Gasteiger partial charge in [-0.3, -0.25) is 4.79 Å². The number of carbonyl (C=O) groups excluding carboxylic acids is 1. The molecule has 23 heavy (non-hydrogen) atoms. The average molecular weight is 323 g/mol. The van der Waals surface area contributed by atoms with Gasteiger partial charge in [0, 0.05) is 5.56 Å². The van der Waals surface area contributed by atoms with Crippen molar-refractivity contribution >= 4 is 23.5 Å². The quantitative estimate of drug-likeness (QED) is 0.827. The lowest BCUT2D eigenvalue weighted by Gasteiger charge is -2.12. The number of primary amides is 1. The van der Waals surface area contributed by atoms with Crippen molar-refractivity contribution in [1.82, 2.24) is 4.98 Å². The Hall–Kier alpha value is -3.03. The number of amides is 1. The van der Waals surface area contributed by atoms with Crippen LogP contribution in [0.5, 0.6) is 0 Å². The number of nitriles is 2. The Morgan fingerprint density at radius 1 is 1.22 bits per heavy atom. The zero-order valence-corrected chi connectivity index (χ0v) is 13.1. The molecule has 6 nitrogen and oxygen atoms in total. The van der Waals surface area contributed by atoms with E-state index in [0.717, 1.165) is 17.3 Å². The molecule has 0 aliphatic carbocycles. The number of hydrogen-bond donors (Lipinski definition) is 2. The highest BCUT2D eigenvalue weighted by Gasteiger charge is 2.20. The first-order chi connectivity index (χ1) is 11.0. The van der Waals surface area contributed by atoms with E-state index in [2.05, 4.69) is 11.1 Å². The molecule has 1 aromatic carbocycles. The second-order valence-corrected chi connectivity index (χ2v) is 5.74. The van der Waals surface area contributed by atoms with Crippen LogP contribution < -0.4 is 11.5 Å². The molecule has 0 aliphatic rings. The molecule has 0 spiro atoms. The third-order valence-electron chi connectivity index (χ3n) is 3.11. The molecule has 0 saturated carbocycles. The van der Waals surface area contributed by atoms with Crippen molar-refractivity contribution in [2.24, 2.45) is 5.73 Å². The summed E-state index contributed by atoms with van der Waals surface area (Å²) in [5.41, 5.74) is 13.5. The first kappa shape index (κ1) is 16.3. The van der Waals surface area contributed by atoms with Gasteiger partial charge in [-0.25, -0.2) is 4.98 Å². The highest BCUT2D eigenvalue weighted by molar-refractivity contribution is 8.00. The Bertz CT molecular complexity index is 847. The van der Waals surface area contributed by atoms with Crippen molar-refractivity contribution in [2.45, 2.75) is 11.9 Å². The molecule has 0 saturated heterocycles. The van der Waals surface area contributed by atoms with Gasteiger partial charge in [-0.1, -0.05) is 41.6 Å². The normalized spacial score (nSPS) is 9.87. The monoisotopic (exact) mass is 323 g/mol. The fourth-order valence-corrected chi connectivity index (χ4v) is 2.78. The highest BCUT2D eigenvalue weighted by atomic mass is 32.2. The number of nitrogens with two attached hydrogens (primary N) is 2. The minimum absolute atomic E-state index is 0.0223. The van der Waals surface area contributed by atoms with Gasteiger partial charge in [0.25, 0.3) is 0 Å². The van der Waals surface area contributed by atoms with Crippen LogP contribution in [0.3, 0.4) is 0 Å². The molecule has 2 aromatic rings. The van der Waals surface area contributed by atoms with Gasteiger partial charge >= 0.3 is 0 Å². The highest BCUT2D eigenvalue weighted by Crippen LogP contribution is 2.35.